The average Bonchev–Trinajstić information content (AvgIpc) is 3.05. The van der Waals surface area contributed by atoms with E-state index in [2.05, 4.69) is 15.3 Å². The number of carbonyl (C=O) groups excluding carboxylic acids is 1. The van der Waals surface area contributed by atoms with Crippen LogP contribution >= 0.6 is 11.8 Å². The van der Waals surface area contributed by atoms with E-state index in [-0.39, 0.29) is 5.91 Å². The van der Waals surface area contributed by atoms with Crippen molar-refractivity contribution < 1.29 is 9.53 Å². The lowest BCUT2D eigenvalue weighted by Gasteiger charge is -2.00. The molecule has 0 saturated carbocycles. The predicted octanol–water partition coefficient (Wildman–Crippen LogP) is 2.01. The van der Waals surface area contributed by atoms with E-state index in [0.717, 1.165) is 29.0 Å². The van der Waals surface area contributed by atoms with E-state index in [1.54, 1.807) is 18.9 Å². The highest BCUT2D eigenvalue weighted by Gasteiger charge is 2.14. The van der Waals surface area contributed by atoms with Crippen molar-refractivity contribution in [3.05, 3.63) is 30.0 Å². The molecular weight excluding hydrogens is 262 g/mol. The van der Waals surface area contributed by atoms with Gasteiger partial charge in [-0.05, 0) is 18.2 Å². The Bertz CT molecular complexity index is 663. The van der Waals surface area contributed by atoms with Crippen LogP contribution in [0.1, 0.15) is 10.5 Å². The molecule has 0 bridgehead atoms. The van der Waals surface area contributed by atoms with Gasteiger partial charge in [-0.3, -0.25) is 9.79 Å². The Balaban J connectivity index is 1.85. The second-order valence-electron chi connectivity index (χ2n) is 4.13. The molecule has 2 heterocycles. The molecule has 0 radical (unpaired) electrons. The van der Waals surface area contributed by atoms with Crippen molar-refractivity contribution in [3.8, 4) is 5.75 Å². The van der Waals surface area contributed by atoms with Crippen LogP contribution in [0.25, 0.3) is 10.9 Å². The maximum absolute atomic E-state index is 12.1. The third kappa shape index (κ3) is 2.44. The number of H-pyrrole nitrogens is 1. The van der Waals surface area contributed by atoms with Gasteiger partial charge in [0.15, 0.2) is 5.17 Å². The van der Waals surface area contributed by atoms with E-state index in [4.69, 9.17) is 4.74 Å². The summed E-state index contributed by atoms with van der Waals surface area (Å²) in [6.45, 7) is 0.768. The van der Waals surface area contributed by atoms with Gasteiger partial charge in [0, 0.05) is 22.7 Å². The molecule has 0 spiro atoms. The summed E-state index contributed by atoms with van der Waals surface area (Å²) in [6.07, 6.45) is 0. The van der Waals surface area contributed by atoms with Gasteiger partial charge >= 0.3 is 0 Å². The lowest BCUT2D eigenvalue weighted by Crippen LogP contribution is -2.27. The number of amidine groups is 1. The van der Waals surface area contributed by atoms with Crippen LogP contribution in [-0.4, -0.2) is 35.5 Å². The molecule has 2 N–H and O–H groups in total. The van der Waals surface area contributed by atoms with Gasteiger partial charge in [-0.25, -0.2) is 0 Å². The number of hydrogen-bond donors (Lipinski definition) is 2. The zero-order chi connectivity index (χ0) is 13.2. The predicted molar refractivity (Wildman–Crippen MR) is 77.1 cm³/mol. The first kappa shape index (κ1) is 12.1. The van der Waals surface area contributed by atoms with Gasteiger partial charge in [0.05, 0.1) is 13.7 Å². The lowest BCUT2D eigenvalue weighted by molar-refractivity contribution is 0.0974. The van der Waals surface area contributed by atoms with Crippen molar-refractivity contribution >= 4 is 33.7 Å². The van der Waals surface area contributed by atoms with Crippen molar-refractivity contribution in [2.24, 2.45) is 4.99 Å². The van der Waals surface area contributed by atoms with E-state index in [0.29, 0.717) is 10.9 Å². The Morgan fingerprint density at radius 3 is 3.11 bits per heavy atom. The molecule has 1 aromatic carbocycles. The molecule has 0 atom stereocenters. The minimum Gasteiger partial charge on any atom is -0.497 e. The lowest BCUT2D eigenvalue weighted by atomic mass is 10.2. The summed E-state index contributed by atoms with van der Waals surface area (Å²) in [4.78, 5) is 19.3. The van der Waals surface area contributed by atoms with Gasteiger partial charge < -0.3 is 15.0 Å². The zero-order valence-electron chi connectivity index (χ0n) is 10.4. The molecule has 98 valence electrons. The SMILES string of the molecule is COc1ccc2cc(C(=O)NC3=NCCS3)[nH]c2c1. The molecule has 0 saturated heterocycles. The summed E-state index contributed by atoms with van der Waals surface area (Å²) in [5.74, 6) is 1.53. The molecule has 0 aliphatic carbocycles. The van der Waals surface area contributed by atoms with Crippen LogP contribution < -0.4 is 10.1 Å². The van der Waals surface area contributed by atoms with Crippen LogP contribution in [0.15, 0.2) is 29.3 Å². The number of carbonyl (C=O) groups is 1. The fourth-order valence-electron chi connectivity index (χ4n) is 1.93. The normalized spacial score (nSPS) is 14.5. The topological polar surface area (TPSA) is 66.5 Å². The number of nitrogens with one attached hydrogen (secondary N) is 2. The molecule has 1 aliphatic rings. The fraction of sp³-hybridized carbons (Fsp3) is 0.231. The van der Waals surface area contributed by atoms with Crippen LogP contribution in [0.3, 0.4) is 0 Å². The molecule has 1 aromatic heterocycles. The van der Waals surface area contributed by atoms with E-state index in [9.17, 15) is 4.79 Å². The van der Waals surface area contributed by atoms with E-state index >= 15 is 0 Å². The Kier molecular flexibility index (Phi) is 3.16. The minimum atomic E-state index is -0.164. The largest absolute Gasteiger partial charge is 0.497 e. The minimum absolute atomic E-state index is 0.164. The number of aromatic amines is 1. The summed E-state index contributed by atoms with van der Waals surface area (Å²) >= 11 is 1.56. The number of methoxy groups -OCH3 is 1. The third-order valence-corrected chi connectivity index (χ3v) is 3.77. The number of hydrogen-bond acceptors (Lipinski definition) is 4. The zero-order valence-corrected chi connectivity index (χ0v) is 11.2. The number of nitrogens with zero attached hydrogens (tertiary/aromatic N) is 1. The fourth-order valence-corrected chi connectivity index (χ4v) is 2.65. The van der Waals surface area contributed by atoms with Crippen LogP contribution in [0.5, 0.6) is 5.75 Å². The first-order valence-corrected chi connectivity index (χ1v) is 6.90. The molecular formula is C13H13N3O2S. The number of amides is 1. The molecule has 6 heteroatoms. The summed E-state index contributed by atoms with van der Waals surface area (Å²) in [5, 5.41) is 4.47. The van der Waals surface area contributed by atoms with Crippen molar-refractivity contribution in [1.29, 1.82) is 0 Å². The van der Waals surface area contributed by atoms with Gasteiger partial charge in [-0.1, -0.05) is 11.8 Å². The van der Waals surface area contributed by atoms with Crippen LogP contribution in [0.4, 0.5) is 0 Å². The van der Waals surface area contributed by atoms with Gasteiger partial charge in [-0.2, -0.15) is 0 Å². The summed E-state index contributed by atoms with van der Waals surface area (Å²) in [5.41, 5.74) is 1.41. The van der Waals surface area contributed by atoms with Crippen molar-refractivity contribution in [2.75, 3.05) is 19.4 Å². The maximum atomic E-state index is 12.1. The van der Waals surface area contributed by atoms with Crippen molar-refractivity contribution in [3.63, 3.8) is 0 Å². The highest BCUT2D eigenvalue weighted by molar-refractivity contribution is 8.14. The number of aromatic nitrogens is 1. The van der Waals surface area contributed by atoms with Crippen LogP contribution in [0.2, 0.25) is 0 Å². The second-order valence-corrected chi connectivity index (χ2v) is 5.21. The van der Waals surface area contributed by atoms with Gasteiger partial charge in [0.1, 0.15) is 11.4 Å². The van der Waals surface area contributed by atoms with Gasteiger partial charge in [0.25, 0.3) is 5.91 Å². The quantitative estimate of drug-likeness (QED) is 0.881. The van der Waals surface area contributed by atoms with Crippen LogP contribution in [0, 0.1) is 0 Å². The molecule has 0 unspecified atom stereocenters. The number of rotatable bonds is 2. The second kappa shape index (κ2) is 4.97. The molecule has 19 heavy (non-hydrogen) atoms. The Labute approximate surface area is 114 Å². The Morgan fingerprint density at radius 1 is 1.47 bits per heavy atom. The number of thioether (sulfide) groups is 1. The highest BCUT2D eigenvalue weighted by atomic mass is 32.2. The smallest absolute Gasteiger partial charge is 0.273 e. The Hall–Kier alpha value is -1.95. The summed E-state index contributed by atoms with van der Waals surface area (Å²) in [6, 6.07) is 7.48. The third-order valence-electron chi connectivity index (χ3n) is 2.88. The van der Waals surface area contributed by atoms with Crippen LogP contribution in [-0.2, 0) is 0 Å². The number of ether oxygens (including phenoxy) is 1. The standard InChI is InChI=1S/C13H13N3O2S/c1-18-9-3-2-8-6-11(15-10(8)7-9)12(17)16-13-14-4-5-19-13/h2-3,6-7,15H,4-5H2,1H3,(H,14,16,17). The van der Waals surface area contributed by atoms with E-state index < -0.39 is 0 Å². The molecule has 1 aliphatic heterocycles. The monoisotopic (exact) mass is 275 g/mol. The van der Waals surface area contributed by atoms with Gasteiger partial charge in [-0.15, -0.1) is 0 Å². The van der Waals surface area contributed by atoms with E-state index in [1.807, 2.05) is 24.3 Å². The molecule has 3 rings (SSSR count). The van der Waals surface area contributed by atoms with Gasteiger partial charge in [0.2, 0.25) is 0 Å². The molecule has 1 amide bonds. The average molecular weight is 275 g/mol. The number of fused-ring (bicyclic) bond motifs is 1. The molecule has 5 nitrogen and oxygen atoms in total. The Morgan fingerprint density at radius 2 is 2.37 bits per heavy atom. The number of aliphatic imine (C=N–C) groups is 1. The highest BCUT2D eigenvalue weighted by Crippen LogP contribution is 2.21. The first-order valence-electron chi connectivity index (χ1n) is 5.91. The van der Waals surface area contributed by atoms with E-state index in [1.165, 1.54) is 0 Å². The first-order chi connectivity index (χ1) is 9.26. The maximum Gasteiger partial charge on any atom is 0.273 e. The summed E-state index contributed by atoms with van der Waals surface area (Å²) in [7, 11) is 1.62. The number of benzene rings is 1. The summed E-state index contributed by atoms with van der Waals surface area (Å²) < 4.78 is 5.16. The molecule has 0 fully saturated rings. The van der Waals surface area contributed by atoms with Crippen molar-refractivity contribution in [2.45, 2.75) is 0 Å². The molecule has 2 aromatic rings. The van der Waals surface area contributed by atoms with Crippen molar-refractivity contribution in [1.82, 2.24) is 10.3 Å².